The largest absolute Gasteiger partial charge is 0.455 e. The van der Waals surface area contributed by atoms with E-state index < -0.39 is 12.2 Å². The average Bonchev–Trinajstić information content (AvgIpc) is 3.66. The van der Waals surface area contributed by atoms with Crippen LogP contribution in [0.1, 0.15) is 99.8 Å². The van der Waals surface area contributed by atoms with Crippen molar-refractivity contribution in [1.82, 2.24) is 9.80 Å². The predicted molar refractivity (Wildman–Crippen MR) is 186 cm³/mol. The van der Waals surface area contributed by atoms with Crippen molar-refractivity contribution in [2.24, 2.45) is 50.7 Å². The van der Waals surface area contributed by atoms with Crippen molar-refractivity contribution < 1.29 is 33.6 Å². The molecule has 14 atom stereocenters. The summed E-state index contributed by atoms with van der Waals surface area (Å²) in [4.78, 5) is 28.3. The Labute approximate surface area is 294 Å². The normalized spacial score (nSPS) is 48.9. The van der Waals surface area contributed by atoms with E-state index in [1.807, 2.05) is 6.92 Å². The minimum absolute atomic E-state index is 0.000860. The molecule has 7 aliphatic rings. The number of hydrogen-bond donors (Lipinski definition) is 1. The lowest BCUT2D eigenvalue weighted by Crippen LogP contribution is -2.60. The molecule has 49 heavy (non-hydrogen) atoms. The first-order valence-electron chi connectivity index (χ1n) is 19.3. The molecule has 7 rings (SSSR count). The van der Waals surface area contributed by atoms with E-state index in [0.717, 1.165) is 44.2 Å². The number of aliphatic hydroxyl groups excluding tert-OH is 1. The Balaban J connectivity index is 1.09. The van der Waals surface area contributed by atoms with Crippen molar-refractivity contribution in [3.05, 3.63) is 12.2 Å². The van der Waals surface area contributed by atoms with Crippen molar-refractivity contribution in [3.8, 4) is 0 Å². The molecule has 5 saturated carbocycles. The maximum absolute atomic E-state index is 12.6. The van der Waals surface area contributed by atoms with Gasteiger partial charge in [0.15, 0.2) is 6.29 Å². The summed E-state index contributed by atoms with van der Waals surface area (Å²) in [6, 6.07) is 0. The van der Waals surface area contributed by atoms with Crippen molar-refractivity contribution in [2.75, 3.05) is 40.3 Å². The fourth-order valence-corrected chi connectivity index (χ4v) is 13.8. The van der Waals surface area contributed by atoms with E-state index in [1.54, 1.807) is 19.0 Å². The van der Waals surface area contributed by atoms with Gasteiger partial charge in [0.1, 0.15) is 6.10 Å². The van der Waals surface area contributed by atoms with Gasteiger partial charge in [-0.05, 0) is 109 Å². The Bertz CT molecular complexity index is 1350. The predicted octanol–water partition coefficient (Wildman–Crippen LogP) is 5.44. The summed E-state index contributed by atoms with van der Waals surface area (Å²) in [5.41, 5.74) is 1.07. The van der Waals surface area contributed by atoms with E-state index >= 15 is 0 Å². The number of esters is 1. The number of morpholine rings is 1. The van der Waals surface area contributed by atoms with E-state index in [9.17, 15) is 14.7 Å². The van der Waals surface area contributed by atoms with Gasteiger partial charge in [-0.2, -0.15) is 0 Å². The van der Waals surface area contributed by atoms with Crippen LogP contribution in [-0.2, 0) is 28.5 Å². The third-order valence-corrected chi connectivity index (χ3v) is 16.2. The number of likely N-dealkylation sites (N-methyl/N-ethyl adjacent to an activating group) is 1. The molecule has 0 unspecified atom stereocenters. The Morgan fingerprint density at radius 2 is 1.73 bits per heavy atom. The van der Waals surface area contributed by atoms with E-state index in [2.05, 4.69) is 46.1 Å². The molecule has 276 valence electrons. The maximum Gasteiger partial charge on any atom is 0.303 e. The summed E-state index contributed by atoms with van der Waals surface area (Å²) >= 11 is 0. The number of rotatable bonds is 7. The molecule has 0 radical (unpaired) electrons. The Hall–Kier alpha value is -1.52. The van der Waals surface area contributed by atoms with E-state index in [4.69, 9.17) is 18.9 Å². The molecule has 9 heteroatoms. The van der Waals surface area contributed by atoms with Gasteiger partial charge in [0, 0.05) is 33.0 Å². The van der Waals surface area contributed by atoms with Crippen LogP contribution >= 0.6 is 0 Å². The second-order valence-electron chi connectivity index (χ2n) is 18.9. The quantitative estimate of drug-likeness (QED) is 0.280. The first-order valence-corrected chi connectivity index (χ1v) is 19.3. The number of fused-ring (bicyclic) bond motifs is 4. The minimum atomic E-state index is -0.564. The van der Waals surface area contributed by atoms with Crippen molar-refractivity contribution in [2.45, 2.75) is 137 Å². The molecule has 1 amide bonds. The van der Waals surface area contributed by atoms with Crippen LogP contribution in [0.5, 0.6) is 0 Å². The zero-order valence-electron chi connectivity index (χ0n) is 31.8. The fraction of sp³-hybridized carbons (Fsp3) is 0.900. The van der Waals surface area contributed by atoms with E-state index in [-0.39, 0.29) is 64.1 Å². The number of hydrogen-bond acceptors (Lipinski definition) is 8. The summed E-state index contributed by atoms with van der Waals surface area (Å²) < 4.78 is 25.6. The lowest BCUT2D eigenvalue weighted by Gasteiger charge is -2.64. The lowest BCUT2D eigenvalue weighted by atomic mass is 9.41. The first kappa shape index (κ1) is 35.9. The van der Waals surface area contributed by atoms with Crippen LogP contribution in [0.4, 0.5) is 0 Å². The van der Waals surface area contributed by atoms with Crippen LogP contribution in [0, 0.1) is 50.7 Å². The van der Waals surface area contributed by atoms with Gasteiger partial charge in [0.05, 0.1) is 44.1 Å². The van der Waals surface area contributed by atoms with Crippen molar-refractivity contribution in [3.63, 3.8) is 0 Å². The molecular formula is C40H64N2O7. The summed E-state index contributed by atoms with van der Waals surface area (Å²) in [7, 11) is 3.61. The van der Waals surface area contributed by atoms with Gasteiger partial charge in [-0.3, -0.25) is 14.5 Å². The summed E-state index contributed by atoms with van der Waals surface area (Å²) in [6.45, 7) is 22.0. The van der Waals surface area contributed by atoms with Crippen molar-refractivity contribution in [1.29, 1.82) is 0 Å². The third-order valence-electron chi connectivity index (χ3n) is 16.2. The second-order valence-corrected chi connectivity index (χ2v) is 18.9. The summed E-state index contributed by atoms with van der Waals surface area (Å²) in [5.74, 6) is 1.41. The van der Waals surface area contributed by atoms with Gasteiger partial charge < -0.3 is 29.0 Å². The zero-order valence-corrected chi connectivity index (χ0v) is 31.8. The second kappa shape index (κ2) is 12.0. The molecule has 2 heterocycles. The lowest BCUT2D eigenvalue weighted by molar-refractivity contribution is -0.248. The molecule has 9 nitrogen and oxygen atoms in total. The average molecular weight is 685 g/mol. The number of nitrogens with zero attached hydrogens (tertiary/aromatic N) is 2. The number of carbonyl (C=O) groups is 2. The maximum atomic E-state index is 12.6. The molecule has 7 fully saturated rings. The van der Waals surface area contributed by atoms with Crippen LogP contribution in [0.25, 0.3) is 0 Å². The van der Waals surface area contributed by atoms with Crippen LogP contribution in [-0.4, -0.2) is 104 Å². The van der Waals surface area contributed by atoms with Crippen LogP contribution in [0.2, 0.25) is 0 Å². The smallest absolute Gasteiger partial charge is 0.303 e. The Morgan fingerprint density at radius 3 is 2.41 bits per heavy atom. The fourth-order valence-electron chi connectivity index (χ4n) is 13.8. The highest BCUT2D eigenvalue weighted by molar-refractivity contribution is 5.77. The van der Waals surface area contributed by atoms with Gasteiger partial charge in [0.2, 0.25) is 5.91 Å². The number of ether oxygens (including phenoxy) is 4. The monoisotopic (exact) mass is 684 g/mol. The minimum Gasteiger partial charge on any atom is -0.455 e. The number of amides is 1. The van der Waals surface area contributed by atoms with Gasteiger partial charge in [-0.1, -0.05) is 41.2 Å². The molecular weight excluding hydrogens is 620 g/mol. The summed E-state index contributed by atoms with van der Waals surface area (Å²) in [5, 5.41) is 12.6. The van der Waals surface area contributed by atoms with Gasteiger partial charge in [0.25, 0.3) is 0 Å². The molecule has 1 N–H and O–H groups in total. The Morgan fingerprint density at radius 1 is 1.04 bits per heavy atom. The molecule has 0 aromatic rings. The van der Waals surface area contributed by atoms with Gasteiger partial charge in [-0.25, -0.2) is 0 Å². The van der Waals surface area contributed by atoms with Crippen LogP contribution in [0.3, 0.4) is 0 Å². The van der Waals surface area contributed by atoms with Crippen LogP contribution < -0.4 is 0 Å². The topological polar surface area (TPSA) is 97.8 Å². The molecule has 2 spiro atoms. The van der Waals surface area contributed by atoms with Gasteiger partial charge >= 0.3 is 5.97 Å². The highest BCUT2D eigenvalue weighted by Gasteiger charge is 2.84. The van der Waals surface area contributed by atoms with Crippen molar-refractivity contribution >= 4 is 11.9 Å². The SMILES string of the molecule is C=C(C)[C@@H](OC(C)=O)[C@H]1C[C@@H](C)[C@H]2[C@H](O1)[C@H](O)[C@@]1(C)[C@@H]3CC[C@H]4C(C)(C)[C@@H](O[C@H]5CN(CC(=O)N(C)C)CCO5)CC[C@@]45C[C@@]35CC[C@]21C. The molecule has 2 saturated heterocycles. The molecule has 2 aliphatic heterocycles. The molecule has 0 bridgehead atoms. The highest BCUT2D eigenvalue weighted by atomic mass is 16.7. The van der Waals surface area contributed by atoms with Gasteiger partial charge in [-0.15, -0.1) is 0 Å². The standard InChI is InChI=1S/C40H64N2O7/c1-23(2)33(47-25(4)43)26-19-24(3)32-34(48-26)35(45)38(8)28-12-11-27-36(5,6)29(13-14-39(27)22-40(28,39)16-15-37(32,38)7)49-31-21-42(17-18-46-31)20-30(44)41(9)10/h24,26-29,31-35,45H,1,11-22H2,2-10H3/t24-,26-,27+,28+,29+,31+,32+,33-,34+,35+,37-,38-,39-,40+/m1/s1. The zero-order chi connectivity index (χ0) is 35.5. The van der Waals surface area contributed by atoms with Crippen LogP contribution in [0.15, 0.2) is 12.2 Å². The molecule has 0 aromatic heterocycles. The highest BCUT2D eigenvalue weighted by Crippen LogP contribution is 2.89. The number of carbonyl (C=O) groups excluding carboxylic acids is 2. The van der Waals surface area contributed by atoms with E-state index in [0.29, 0.717) is 42.9 Å². The Kier molecular flexibility index (Phi) is 8.79. The number of aliphatic hydroxyl groups is 1. The third kappa shape index (κ3) is 5.08. The first-order chi connectivity index (χ1) is 22.9. The van der Waals surface area contributed by atoms with E-state index in [1.165, 1.54) is 26.2 Å². The molecule has 5 aliphatic carbocycles. The summed E-state index contributed by atoms with van der Waals surface area (Å²) in [6.07, 6.45) is 7.09. The molecule has 0 aromatic carbocycles.